The standard InChI is InChI=1S/C27H26N2O5/c1-17-22-12-7-19-5-3-4-6-23(19)25(22)34-24(17)27(31)33-18(2)26(30)28-20-8-10-21(11-9-20)29-13-15-32-16-14-29/h3-12,18H,13-16H2,1-2H3,(H,28,30). The number of carbonyl (C=O) groups is 2. The number of morpholine rings is 1. The summed E-state index contributed by atoms with van der Waals surface area (Å²) in [4.78, 5) is 27.7. The van der Waals surface area contributed by atoms with Gasteiger partial charge in [0, 0.05) is 40.8 Å². The van der Waals surface area contributed by atoms with Gasteiger partial charge in [-0.05, 0) is 43.5 Å². The van der Waals surface area contributed by atoms with Crippen LogP contribution in [0.25, 0.3) is 21.7 Å². The van der Waals surface area contributed by atoms with E-state index in [0.717, 1.165) is 34.9 Å². The minimum Gasteiger partial charge on any atom is -0.448 e. The molecule has 7 nitrogen and oxygen atoms in total. The van der Waals surface area contributed by atoms with Gasteiger partial charge in [-0.2, -0.15) is 0 Å². The van der Waals surface area contributed by atoms with Gasteiger partial charge in [0.1, 0.15) is 5.58 Å². The van der Waals surface area contributed by atoms with Gasteiger partial charge in [-0.25, -0.2) is 4.79 Å². The second-order valence-corrected chi connectivity index (χ2v) is 8.40. The minimum atomic E-state index is -0.990. The lowest BCUT2D eigenvalue weighted by atomic mass is 10.1. The van der Waals surface area contributed by atoms with E-state index in [1.54, 1.807) is 6.92 Å². The minimum absolute atomic E-state index is 0.112. The maximum Gasteiger partial charge on any atom is 0.375 e. The van der Waals surface area contributed by atoms with Crippen LogP contribution in [0.1, 0.15) is 23.0 Å². The molecule has 1 atom stereocenters. The Bertz CT molecular complexity index is 1350. The second-order valence-electron chi connectivity index (χ2n) is 8.40. The van der Waals surface area contributed by atoms with Crippen molar-refractivity contribution in [3.8, 4) is 0 Å². The number of carbonyl (C=O) groups excluding carboxylic acids is 2. The molecule has 1 aliphatic rings. The number of anilines is 2. The normalized spacial score (nSPS) is 14.8. The van der Waals surface area contributed by atoms with Crippen molar-refractivity contribution in [3.63, 3.8) is 0 Å². The number of rotatable bonds is 5. The Morgan fingerprint density at radius 2 is 1.71 bits per heavy atom. The summed E-state index contributed by atoms with van der Waals surface area (Å²) in [6.45, 7) is 6.47. The van der Waals surface area contributed by atoms with E-state index < -0.39 is 18.0 Å². The molecule has 1 saturated heterocycles. The number of furan rings is 1. The largest absolute Gasteiger partial charge is 0.448 e. The summed E-state index contributed by atoms with van der Waals surface area (Å²) in [6.07, 6.45) is -0.990. The zero-order chi connectivity index (χ0) is 23.7. The summed E-state index contributed by atoms with van der Waals surface area (Å²) in [6, 6.07) is 19.4. The van der Waals surface area contributed by atoms with E-state index in [9.17, 15) is 9.59 Å². The van der Waals surface area contributed by atoms with E-state index in [-0.39, 0.29) is 5.76 Å². The van der Waals surface area contributed by atoms with Crippen LogP contribution in [-0.2, 0) is 14.3 Å². The fourth-order valence-electron chi connectivity index (χ4n) is 4.23. The Balaban J connectivity index is 1.26. The summed E-state index contributed by atoms with van der Waals surface area (Å²) in [5.41, 5.74) is 3.04. The van der Waals surface area contributed by atoms with Gasteiger partial charge in [0.2, 0.25) is 5.76 Å². The lowest BCUT2D eigenvalue weighted by molar-refractivity contribution is -0.123. The summed E-state index contributed by atoms with van der Waals surface area (Å²) in [7, 11) is 0. The lowest BCUT2D eigenvalue weighted by Crippen LogP contribution is -2.36. The Kier molecular flexibility index (Phi) is 5.94. The molecule has 0 spiro atoms. The molecule has 3 aromatic carbocycles. The summed E-state index contributed by atoms with van der Waals surface area (Å²) in [5.74, 6) is -0.962. The topological polar surface area (TPSA) is 81.0 Å². The van der Waals surface area contributed by atoms with E-state index >= 15 is 0 Å². The van der Waals surface area contributed by atoms with Crippen LogP contribution in [0.2, 0.25) is 0 Å². The van der Waals surface area contributed by atoms with Gasteiger partial charge in [-0.3, -0.25) is 4.79 Å². The summed E-state index contributed by atoms with van der Waals surface area (Å²) >= 11 is 0. The third-order valence-electron chi connectivity index (χ3n) is 6.18. The van der Waals surface area contributed by atoms with Crippen molar-refractivity contribution < 1.29 is 23.5 Å². The highest BCUT2D eigenvalue weighted by Gasteiger charge is 2.25. The highest BCUT2D eigenvalue weighted by Crippen LogP contribution is 2.32. The molecule has 4 aromatic rings. The first kappa shape index (κ1) is 22.0. The van der Waals surface area contributed by atoms with Gasteiger partial charge in [0.05, 0.1) is 13.2 Å². The molecule has 0 saturated carbocycles. The third kappa shape index (κ3) is 4.22. The number of aryl methyl sites for hydroxylation is 1. The number of fused-ring (bicyclic) bond motifs is 3. The van der Waals surface area contributed by atoms with Crippen molar-refractivity contribution in [1.82, 2.24) is 0 Å². The highest BCUT2D eigenvalue weighted by molar-refractivity contribution is 6.08. The molecule has 5 rings (SSSR count). The molecule has 1 amide bonds. The van der Waals surface area contributed by atoms with Crippen molar-refractivity contribution in [3.05, 3.63) is 72.0 Å². The van der Waals surface area contributed by atoms with E-state index in [1.807, 2.05) is 67.6 Å². The molecule has 0 aliphatic carbocycles. The monoisotopic (exact) mass is 458 g/mol. The molecule has 174 valence electrons. The molecule has 1 unspecified atom stereocenters. The molecule has 1 aliphatic heterocycles. The molecule has 1 N–H and O–H groups in total. The predicted octanol–water partition coefficient (Wildman–Crippen LogP) is 4.92. The van der Waals surface area contributed by atoms with Crippen molar-refractivity contribution in [1.29, 1.82) is 0 Å². The average molecular weight is 459 g/mol. The number of esters is 1. The van der Waals surface area contributed by atoms with Crippen LogP contribution >= 0.6 is 0 Å². The van der Waals surface area contributed by atoms with Gasteiger partial charge >= 0.3 is 5.97 Å². The number of nitrogens with one attached hydrogen (secondary N) is 1. The molecule has 0 bridgehead atoms. The molecule has 0 radical (unpaired) electrons. The molecule has 1 fully saturated rings. The maximum absolute atomic E-state index is 12.8. The predicted molar refractivity (Wildman–Crippen MR) is 131 cm³/mol. The van der Waals surface area contributed by atoms with Gasteiger partial charge < -0.3 is 24.1 Å². The number of benzene rings is 3. The van der Waals surface area contributed by atoms with Gasteiger partial charge in [0.15, 0.2) is 6.10 Å². The average Bonchev–Trinajstić information content (AvgIpc) is 3.22. The van der Waals surface area contributed by atoms with Crippen molar-refractivity contribution in [2.24, 2.45) is 0 Å². The highest BCUT2D eigenvalue weighted by atomic mass is 16.6. The molecule has 1 aromatic heterocycles. The number of ether oxygens (including phenoxy) is 2. The number of nitrogens with zero attached hydrogens (tertiary/aromatic N) is 1. The van der Waals surface area contributed by atoms with Gasteiger partial charge in [-0.15, -0.1) is 0 Å². The number of amides is 1. The molecular weight excluding hydrogens is 432 g/mol. The molecule has 34 heavy (non-hydrogen) atoms. The van der Waals surface area contributed by atoms with Crippen LogP contribution in [0.3, 0.4) is 0 Å². The van der Waals surface area contributed by atoms with E-state index in [0.29, 0.717) is 30.0 Å². The van der Waals surface area contributed by atoms with Crippen LogP contribution in [-0.4, -0.2) is 44.3 Å². The number of hydrogen-bond donors (Lipinski definition) is 1. The second kappa shape index (κ2) is 9.19. The molecule has 2 heterocycles. The first-order chi connectivity index (χ1) is 16.5. The zero-order valence-electron chi connectivity index (χ0n) is 19.2. The van der Waals surface area contributed by atoms with Gasteiger partial charge in [-0.1, -0.05) is 36.4 Å². The summed E-state index contributed by atoms with van der Waals surface area (Å²) in [5, 5.41) is 5.60. The third-order valence-corrected chi connectivity index (χ3v) is 6.18. The fourth-order valence-corrected chi connectivity index (χ4v) is 4.23. The van der Waals surface area contributed by atoms with E-state index in [4.69, 9.17) is 13.9 Å². The zero-order valence-corrected chi connectivity index (χ0v) is 19.2. The molecule has 7 heteroatoms. The van der Waals surface area contributed by atoms with Crippen molar-refractivity contribution in [2.45, 2.75) is 20.0 Å². The van der Waals surface area contributed by atoms with Crippen molar-refractivity contribution in [2.75, 3.05) is 36.5 Å². The Hall–Kier alpha value is -3.84. The Morgan fingerprint density at radius 1 is 0.971 bits per heavy atom. The Morgan fingerprint density at radius 3 is 2.47 bits per heavy atom. The van der Waals surface area contributed by atoms with Crippen LogP contribution < -0.4 is 10.2 Å². The lowest BCUT2D eigenvalue weighted by Gasteiger charge is -2.28. The maximum atomic E-state index is 12.8. The van der Waals surface area contributed by atoms with E-state index in [1.165, 1.54) is 0 Å². The first-order valence-electron chi connectivity index (χ1n) is 11.4. The first-order valence-corrected chi connectivity index (χ1v) is 11.4. The van der Waals surface area contributed by atoms with Crippen LogP contribution in [0.5, 0.6) is 0 Å². The summed E-state index contributed by atoms with van der Waals surface area (Å²) < 4.78 is 16.8. The molecular formula is C27H26N2O5. The van der Waals surface area contributed by atoms with E-state index in [2.05, 4.69) is 10.2 Å². The quantitative estimate of drug-likeness (QED) is 0.428. The van der Waals surface area contributed by atoms with Gasteiger partial charge in [0.25, 0.3) is 5.91 Å². The van der Waals surface area contributed by atoms with Crippen molar-refractivity contribution >= 4 is 45.0 Å². The fraction of sp³-hybridized carbons (Fsp3) is 0.259. The van der Waals surface area contributed by atoms with Crippen LogP contribution in [0.15, 0.2) is 65.1 Å². The van der Waals surface area contributed by atoms with Crippen LogP contribution in [0.4, 0.5) is 11.4 Å². The Labute approximate surface area is 197 Å². The van der Waals surface area contributed by atoms with Crippen LogP contribution in [0, 0.1) is 6.92 Å². The smallest absolute Gasteiger partial charge is 0.375 e. The SMILES string of the molecule is Cc1c(C(=O)OC(C)C(=O)Nc2ccc(N3CCOCC3)cc2)oc2c1ccc1ccccc12. The number of hydrogen-bond acceptors (Lipinski definition) is 6.